The molecule has 0 aromatic heterocycles. The van der Waals surface area contributed by atoms with Crippen LogP contribution in [-0.4, -0.2) is 173 Å². The van der Waals surface area contributed by atoms with Gasteiger partial charge in [0.2, 0.25) is 12.6 Å². The van der Waals surface area contributed by atoms with Crippen LogP contribution in [0.15, 0.2) is 71.2 Å². The van der Waals surface area contributed by atoms with Gasteiger partial charge < -0.3 is 88.2 Å². The monoisotopic (exact) mass is 910 g/mol. The quantitative estimate of drug-likeness (QED) is 0.0386. The van der Waals surface area contributed by atoms with Gasteiger partial charge in [-0.2, -0.15) is 0 Å². The fraction of sp³-hybridized carbons (Fsp3) is 0.571. The molecule has 2 fully saturated rings. The molecule has 22 heteroatoms. The number of carbonyl (C=O) groups excluding carboxylic acids is 4. The van der Waals surface area contributed by atoms with Crippen LogP contribution in [0.25, 0.3) is 0 Å². The number of rotatable bonds is 16. The molecule has 0 aliphatic carbocycles. The Morgan fingerprint density at radius 2 is 1.06 bits per heavy atom. The highest BCUT2D eigenvalue weighted by atomic mass is 16.8. The fourth-order valence-corrected chi connectivity index (χ4v) is 7.42. The third-order valence-electron chi connectivity index (χ3n) is 11.0. The summed E-state index contributed by atoms with van der Waals surface area (Å²) in [7, 11) is 2.28. The summed E-state index contributed by atoms with van der Waals surface area (Å²) >= 11 is 0. The van der Waals surface area contributed by atoms with Gasteiger partial charge in [0, 0.05) is 29.4 Å². The highest BCUT2D eigenvalue weighted by molar-refractivity contribution is 5.91. The minimum atomic E-state index is -1.75. The number of allylic oxidation sites excluding steroid dienone is 2. The summed E-state index contributed by atoms with van der Waals surface area (Å²) in [6.07, 6.45) is -14.0. The van der Waals surface area contributed by atoms with Crippen molar-refractivity contribution in [3.8, 4) is 5.75 Å². The molecule has 0 saturated carbocycles. The second kappa shape index (κ2) is 22.9. The van der Waals surface area contributed by atoms with E-state index in [4.69, 9.17) is 47.4 Å². The Morgan fingerprint density at radius 3 is 1.47 bits per heavy atom. The van der Waals surface area contributed by atoms with Crippen LogP contribution in [-0.2, 0) is 68.2 Å². The molecule has 1 unspecified atom stereocenters. The molecule has 354 valence electrons. The normalized spacial score (nSPS) is 34.1. The molecule has 0 spiro atoms. The van der Waals surface area contributed by atoms with E-state index in [2.05, 4.69) is 0 Å². The van der Waals surface area contributed by atoms with Gasteiger partial charge in [0.25, 0.3) is 0 Å². The van der Waals surface area contributed by atoms with Crippen LogP contribution >= 0.6 is 0 Å². The van der Waals surface area contributed by atoms with Crippen LogP contribution in [0.2, 0.25) is 0 Å². The molecule has 1 aromatic carbocycles. The van der Waals surface area contributed by atoms with E-state index in [1.165, 1.54) is 24.3 Å². The van der Waals surface area contributed by atoms with Crippen molar-refractivity contribution >= 4 is 23.9 Å². The van der Waals surface area contributed by atoms with Crippen LogP contribution in [0.3, 0.4) is 0 Å². The van der Waals surface area contributed by atoms with Crippen molar-refractivity contribution in [1.29, 1.82) is 0 Å². The molecular formula is C42H54O22. The lowest BCUT2D eigenvalue weighted by Crippen LogP contribution is -2.60. The molecule has 64 heavy (non-hydrogen) atoms. The molecule has 22 nitrogen and oxygen atoms in total. The van der Waals surface area contributed by atoms with E-state index in [0.29, 0.717) is 5.56 Å². The lowest BCUT2D eigenvalue weighted by molar-refractivity contribution is -0.327. The van der Waals surface area contributed by atoms with E-state index in [1.54, 1.807) is 26.0 Å². The van der Waals surface area contributed by atoms with Crippen molar-refractivity contribution in [2.24, 2.45) is 11.8 Å². The molecule has 14 atom stereocenters. The largest absolute Gasteiger partial charge is 0.468 e. The van der Waals surface area contributed by atoms with Crippen molar-refractivity contribution in [2.75, 3.05) is 34.0 Å². The van der Waals surface area contributed by atoms with Gasteiger partial charge in [0.05, 0.1) is 70.6 Å². The molecule has 8 N–H and O–H groups in total. The van der Waals surface area contributed by atoms with Gasteiger partial charge in [-0.3, -0.25) is 9.59 Å². The Kier molecular flexibility index (Phi) is 17.9. The zero-order valence-electron chi connectivity index (χ0n) is 35.2. The fourth-order valence-electron chi connectivity index (χ4n) is 7.42. The second-order valence-corrected chi connectivity index (χ2v) is 14.9. The average molecular weight is 911 g/mol. The maximum Gasteiger partial charge on any atom is 0.337 e. The summed E-state index contributed by atoms with van der Waals surface area (Å²) in [5.74, 6) is -4.95. The minimum absolute atomic E-state index is 0.0381. The predicted molar refractivity (Wildman–Crippen MR) is 210 cm³/mol. The molecule has 0 bridgehead atoms. The van der Waals surface area contributed by atoms with Crippen molar-refractivity contribution in [2.45, 2.75) is 107 Å². The average Bonchev–Trinajstić information content (AvgIpc) is 3.29. The lowest BCUT2D eigenvalue weighted by Gasteiger charge is -2.41. The number of carbonyl (C=O) groups is 4. The van der Waals surface area contributed by atoms with Crippen molar-refractivity contribution < 1.29 is 107 Å². The first-order chi connectivity index (χ1) is 30.6. The highest BCUT2D eigenvalue weighted by Gasteiger charge is 2.48. The molecule has 4 aliphatic heterocycles. The van der Waals surface area contributed by atoms with E-state index >= 15 is 0 Å². The van der Waals surface area contributed by atoms with E-state index in [0.717, 1.165) is 26.7 Å². The maximum atomic E-state index is 13.3. The van der Waals surface area contributed by atoms with Gasteiger partial charge >= 0.3 is 23.9 Å². The third kappa shape index (κ3) is 11.5. The van der Waals surface area contributed by atoms with E-state index < -0.39 is 129 Å². The predicted octanol–water partition coefficient (Wildman–Crippen LogP) is -1.96. The summed E-state index contributed by atoms with van der Waals surface area (Å²) in [6, 6.07) is 6.26. The molecule has 1 aromatic rings. The van der Waals surface area contributed by atoms with Gasteiger partial charge in [-0.25, -0.2) is 9.59 Å². The summed E-state index contributed by atoms with van der Waals surface area (Å²) in [4.78, 5) is 51.9. The molecule has 0 amide bonds. The number of hydrogen-bond donors (Lipinski definition) is 8. The SMILES string of the molecule is C/C=C1/C(CC(=O)Oc2ccc(CCOC(=O)C[C@@H]3C(C(=O)OC)=CO[C@@H](O[C@@H]4O[C@H](CO)[C@@H](O)[C@H](O)[C@H]4O)/C3=C\C)cc2)C(C(=O)OC)=CO[C@H]1O[C@@H]1O[C@H](CO)[C@@H](O)[C@H](O)[C@H]1O. The summed E-state index contributed by atoms with van der Waals surface area (Å²) in [5.41, 5.74) is 1.08. The zero-order chi connectivity index (χ0) is 46.8. The molecule has 4 heterocycles. The first kappa shape index (κ1) is 50.2. The van der Waals surface area contributed by atoms with Crippen molar-refractivity contribution in [3.63, 3.8) is 0 Å². The smallest absolute Gasteiger partial charge is 0.337 e. The van der Waals surface area contributed by atoms with Crippen LogP contribution in [0.4, 0.5) is 0 Å². The molecule has 4 aliphatic rings. The van der Waals surface area contributed by atoms with Crippen LogP contribution in [0.5, 0.6) is 5.75 Å². The number of methoxy groups -OCH3 is 2. The second-order valence-electron chi connectivity index (χ2n) is 14.9. The van der Waals surface area contributed by atoms with Crippen LogP contribution < -0.4 is 4.74 Å². The summed E-state index contributed by atoms with van der Waals surface area (Å²) < 4.78 is 54.4. The Morgan fingerprint density at radius 1 is 0.625 bits per heavy atom. The van der Waals surface area contributed by atoms with Crippen molar-refractivity contribution in [3.05, 3.63) is 76.8 Å². The van der Waals surface area contributed by atoms with Crippen LogP contribution in [0, 0.1) is 11.8 Å². The number of aliphatic hydroxyl groups is 8. The van der Waals surface area contributed by atoms with Gasteiger partial charge in [-0.15, -0.1) is 0 Å². The Labute approximate surface area is 366 Å². The van der Waals surface area contributed by atoms with Gasteiger partial charge in [0.15, 0.2) is 12.6 Å². The number of ether oxygens (including phenoxy) is 10. The number of hydrogen-bond acceptors (Lipinski definition) is 22. The lowest BCUT2D eigenvalue weighted by atomic mass is 9.86. The third-order valence-corrected chi connectivity index (χ3v) is 11.0. The van der Waals surface area contributed by atoms with E-state index in [1.807, 2.05) is 0 Å². The van der Waals surface area contributed by atoms with Gasteiger partial charge in [-0.1, -0.05) is 24.3 Å². The van der Waals surface area contributed by atoms with Crippen LogP contribution in [0.1, 0.15) is 32.3 Å². The standard InChI is InChI=1S/C42H54O22/c1-5-21-23(25(37(53)55-3)17-58-39(21)63-41-35(51)33(49)31(47)27(15-43)61-41)13-29(45)57-12-11-19-7-9-20(10-8-19)60-30(46)14-24-22(6-2)40(59-18-26(24)38(54)56-4)64-42-36(52)34(50)32(48)28(16-44)62-42/h5-10,17-18,23-24,27-28,31-36,39-44,47-52H,11-16H2,1-4H3/b21-5-,22-6-/t23-,24?,27+,28+,31+,32+,33-,34-,35+,36+,39-,40-,41-,42-/m0/s1. The molecular weight excluding hydrogens is 856 g/mol. The Balaban J connectivity index is 1.17. The number of benzene rings is 1. The first-order valence-electron chi connectivity index (χ1n) is 20.2. The number of esters is 4. The van der Waals surface area contributed by atoms with E-state index in [-0.39, 0.29) is 47.5 Å². The summed E-state index contributed by atoms with van der Waals surface area (Å²) in [5, 5.41) is 80.8. The van der Waals surface area contributed by atoms with Gasteiger partial charge in [-0.05, 0) is 31.5 Å². The number of aliphatic hydroxyl groups excluding tert-OH is 8. The van der Waals surface area contributed by atoms with E-state index in [9.17, 15) is 60.0 Å². The first-order valence-corrected chi connectivity index (χ1v) is 20.2. The molecule has 2 saturated heterocycles. The zero-order valence-corrected chi connectivity index (χ0v) is 35.2. The van der Waals surface area contributed by atoms with Crippen molar-refractivity contribution in [1.82, 2.24) is 0 Å². The Hall–Kier alpha value is -4.82. The highest BCUT2D eigenvalue weighted by Crippen LogP contribution is 2.38. The minimum Gasteiger partial charge on any atom is -0.468 e. The Bertz CT molecular complexity index is 1910. The summed E-state index contributed by atoms with van der Waals surface area (Å²) in [6.45, 7) is 1.68. The molecule has 5 rings (SSSR count). The maximum absolute atomic E-state index is 13.3. The topological polar surface area (TPSA) is 322 Å². The molecule has 0 radical (unpaired) electrons. The van der Waals surface area contributed by atoms with Gasteiger partial charge in [0.1, 0.15) is 54.6 Å².